The van der Waals surface area contributed by atoms with Crippen molar-refractivity contribution in [1.82, 2.24) is 19.6 Å². The molecule has 0 bridgehead atoms. The van der Waals surface area contributed by atoms with Crippen LogP contribution in [0.15, 0.2) is 47.6 Å². The lowest BCUT2D eigenvalue weighted by Crippen LogP contribution is -2.38. The van der Waals surface area contributed by atoms with Gasteiger partial charge in [0.15, 0.2) is 17.5 Å². The number of benzene rings is 1. The van der Waals surface area contributed by atoms with Crippen LogP contribution in [0.1, 0.15) is 17.0 Å². The van der Waals surface area contributed by atoms with E-state index < -0.39 is 0 Å². The molecule has 0 atom stereocenters. The van der Waals surface area contributed by atoms with Gasteiger partial charge in [-0.2, -0.15) is 0 Å². The van der Waals surface area contributed by atoms with Crippen molar-refractivity contribution < 1.29 is 9.47 Å². The van der Waals surface area contributed by atoms with E-state index >= 15 is 0 Å². The molecule has 0 spiro atoms. The average molecular weight is 379 g/mol. The molecule has 1 aliphatic rings. The Labute approximate surface area is 164 Å². The highest BCUT2D eigenvalue weighted by atomic mass is 16.6. The topological polar surface area (TPSA) is 63.4 Å². The molecule has 4 rings (SSSR count). The summed E-state index contributed by atoms with van der Waals surface area (Å²) in [6.45, 7) is 4.59. The Morgan fingerprint density at radius 2 is 2.04 bits per heavy atom. The highest BCUT2D eigenvalue weighted by Gasteiger charge is 2.14. The maximum atomic E-state index is 5.68. The summed E-state index contributed by atoms with van der Waals surface area (Å²) in [5.74, 6) is 2.42. The molecule has 0 aliphatic carbocycles. The smallest absolute Gasteiger partial charge is 0.194 e. The Kier molecular flexibility index (Phi) is 5.06. The van der Waals surface area contributed by atoms with Crippen molar-refractivity contribution in [2.45, 2.75) is 20.0 Å². The van der Waals surface area contributed by atoms with Crippen molar-refractivity contribution in [3.63, 3.8) is 0 Å². The number of rotatable bonds is 4. The first-order valence-corrected chi connectivity index (χ1v) is 9.38. The summed E-state index contributed by atoms with van der Waals surface area (Å²) in [5, 5.41) is 3.39. The zero-order valence-electron chi connectivity index (χ0n) is 16.5. The van der Waals surface area contributed by atoms with E-state index in [1.165, 1.54) is 0 Å². The van der Waals surface area contributed by atoms with E-state index in [1.807, 2.05) is 31.3 Å². The van der Waals surface area contributed by atoms with Crippen molar-refractivity contribution in [2.24, 2.45) is 4.99 Å². The normalized spacial score (nSPS) is 13.6. The minimum Gasteiger partial charge on any atom is -0.486 e. The van der Waals surface area contributed by atoms with Crippen LogP contribution < -0.4 is 14.8 Å². The van der Waals surface area contributed by atoms with Crippen LogP contribution in [0.5, 0.6) is 11.5 Å². The van der Waals surface area contributed by atoms with Gasteiger partial charge in [0.25, 0.3) is 0 Å². The number of fused-ring (bicyclic) bond motifs is 2. The van der Waals surface area contributed by atoms with Crippen LogP contribution >= 0.6 is 0 Å². The standard InChI is InChI=1S/C21H25N5O2/c1-15-5-4-6-20-24-17(14-26(15)20)12-23-21(22-2)25(3)13-16-7-8-18-19(11-16)28-10-9-27-18/h4-8,11,14H,9-10,12-13H2,1-3H3,(H,22,23). The van der Waals surface area contributed by atoms with Gasteiger partial charge in [0.05, 0.1) is 12.2 Å². The monoisotopic (exact) mass is 379 g/mol. The molecular formula is C21H25N5O2. The molecule has 1 aromatic carbocycles. The van der Waals surface area contributed by atoms with Crippen LogP contribution in [-0.4, -0.2) is 47.6 Å². The van der Waals surface area contributed by atoms with Crippen molar-refractivity contribution in [3.05, 3.63) is 59.5 Å². The molecule has 0 saturated carbocycles. The second-order valence-electron chi connectivity index (χ2n) is 6.86. The van der Waals surface area contributed by atoms with E-state index in [9.17, 15) is 0 Å². The predicted molar refractivity (Wildman–Crippen MR) is 109 cm³/mol. The fourth-order valence-corrected chi connectivity index (χ4v) is 3.37. The number of hydrogen-bond donors (Lipinski definition) is 1. The van der Waals surface area contributed by atoms with Crippen molar-refractivity contribution in [1.29, 1.82) is 0 Å². The molecule has 0 saturated heterocycles. The molecule has 1 aliphatic heterocycles. The van der Waals surface area contributed by atoms with E-state index in [0.29, 0.717) is 26.3 Å². The first kappa shape index (κ1) is 18.2. The van der Waals surface area contributed by atoms with Gasteiger partial charge in [-0.25, -0.2) is 4.98 Å². The lowest BCUT2D eigenvalue weighted by molar-refractivity contribution is 0.171. The van der Waals surface area contributed by atoms with Crippen molar-refractivity contribution >= 4 is 11.6 Å². The Morgan fingerprint density at radius 1 is 1.21 bits per heavy atom. The molecule has 3 aromatic rings. The maximum absolute atomic E-state index is 5.68. The second kappa shape index (κ2) is 7.80. The summed E-state index contributed by atoms with van der Waals surface area (Å²) in [7, 11) is 3.80. The molecule has 7 nitrogen and oxygen atoms in total. The lowest BCUT2D eigenvalue weighted by Gasteiger charge is -2.23. The van der Waals surface area contributed by atoms with Gasteiger partial charge in [-0.05, 0) is 36.8 Å². The van der Waals surface area contributed by atoms with Crippen LogP contribution in [0.4, 0.5) is 0 Å². The van der Waals surface area contributed by atoms with E-state index in [-0.39, 0.29) is 0 Å². The van der Waals surface area contributed by atoms with Gasteiger partial charge in [0.2, 0.25) is 0 Å². The van der Waals surface area contributed by atoms with Gasteiger partial charge in [0, 0.05) is 32.5 Å². The van der Waals surface area contributed by atoms with Gasteiger partial charge < -0.3 is 24.1 Å². The Bertz CT molecular complexity index is 1010. The van der Waals surface area contributed by atoms with Crippen LogP contribution in [0.2, 0.25) is 0 Å². The number of nitrogens with one attached hydrogen (secondary N) is 1. The molecule has 2 aromatic heterocycles. The highest BCUT2D eigenvalue weighted by molar-refractivity contribution is 5.79. The summed E-state index contributed by atoms with van der Waals surface area (Å²) in [5.41, 5.74) is 4.23. The third kappa shape index (κ3) is 3.74. The number of hydrogen-bond acceptors (Lipinski definition) is 4. The van der Waals surface area contributed by atoms with Crippen LogP contribution in [-0.2, 0) is 13.1 Å². The molecule has 1 N–H and O–H groups in total. The molecule has 0 unspecified atom stereocenters. The van der Waals surface area contributed by atoms with Gasteiger partial charge in [-0.1, -0.05) is 12.1 Å². The molecule has 0 fully saturated rings. The SMILES string of the molecule is CN=C(NCc1cn2c(C)cccc2n1)N(C)Cc1ccc2c(c1)OCCO2. The van der Waals surface area contributed by atoms with Crippen LogP contribution in [0, 0.1) is 6.92 Å². The molecule has 0 amide bonds. The highest BCUT2D eigenvalue weighted by Crippen LogP contribution is 2.31. The van der Waals surface area contributed by atoms with E-state index in [1.54, 1.807) is 7.05 Å². The third-order valence-corrected chi connectivity index (χ3v) is 4.77. The predicted octanol–water partition coefficient (Wildman–Crippen LogP) is 2.62. The maximum Gasteiger partial charge on any atom is 0.194 e. The fraction of sp³-hybridized carbons (Fsp3) is 0.333. The number of pyridine rings is 1. The summed E-state index contributed by atoms with van der Waals surface area (Å²) < 4.78 is 13.4. The minimum atomic E-state index is 0.591. The minimum absolute atomic E-state index is 0.591. The van der Waals surface area contributed by atoms with Gasteiger partial charge in [-0.15, -0.1) is 0 Å². The van der Waals surface area contributed by atoms with E-state index in [2.05, 4.69) is 49.8 Å². The molecule has 3 heterocycles. The number of aromatic nitrogens is 2. The number of guanidine groups is 1. The summed E-state index contributed by atoms with van der Waals surface area (Å²) in [6, 6.07) is 12.2. The van der Waals surface area contributed by atoms with E-state index in [0.717, 1.165) is 40.1 Å². The molecule has 7 heteroatoms. The van der Waals surface area contributed by atoms with Gasteiger partial charge in [-0.3, -0.25) is 4.99 Å². The number of nitrogens with zero attached hydrogens (tertiary/aromatic N) is 4. The second-order valence-corrected chi connectivity index (χ2v) is 6.86. The Balaban J connectivity index is 1.41. The van der Waals surface area contributed by atoms with Crippen molar-refractivity contribution in [2.75, 3.05) is 27.3 Å². The molecule has 0 radical (unpaired) electrons. The molecule has 146 valence electrons. The molecular weight excluding hydrogens is 354 g/mol. The number of imidazole rings is 1. The number of ether oxygens (including phenoxy) is 2. The summed E-state index contributed by atoms with van der Waals surface area (Å²) >= 11 is 0. The largest absolute Gasteiger partial charge is 0.486 e. The Hall–Kier alpha value is -3.22. The zero-order chi connectivity index (χ0) is 19.5. The van der Waals surface area contributed by atoms with Crippen LogP contribution in [0.3, 0.4) is 0 Å². The number of aliphatic imine (C=N–C) groups is 1. The lowest BCUT2D eigenvalue weighted by atomic mass is 10.2. The average Bonchev–Trinajstić information content (AvgIpc) is 3.13. The third-order valence-electron chi connectivity index (χ3n) is 4.77. The first-order chi connectivity index (χ1) is 13.6. The summed E-state index contributed by atoms with van der Waals surface area (Å²) in [4.78, 5) is 11.1. The van der Waals surface area contributed by atoms with Gasteiger partial charge >= 0.3 is 0 Å². The number of aryl methyl sites for hydroxylation is 1. The zero-order valence-corrected chi connectivity index (χ0v) is 16.5. The molecule has 28 heavy (non-hydrogen) atoms. The quantitative estimate of drug-likeness (QED) is 0.558. The first-order valence-electron chi connectivity index (χ1n) is 9.38. The van der Waals surface area contributed by atoms with Crippen molar-refractivity contribution in [3.8, 4) is 11.5 Å². The van der Waals surface area contributed by atoms with Gasteiger partial charge in [0.1, 0.15) is 18.9 Å². The fourth-order valence-electron chi connectivity index (χ4n) is 3.37. The van der Waals surface area contributed by atoms with Crippen LogP contribution in [0.25, 0.3) is 5.65 Å². The van der Waals surface area contributed by atoms with E-state index in [4.69, 9.17) is 9.47 Å². The Morgan fingerprint density at radius 3 is 2.82 bits per heavy atom. The summed E-state index contributed by atoms with van der Waals surface area (Å²) in [6.07, 6.45) is 2.06.